The van der Waals surface area contributed by atoms with E-state index in [-0.39, 0.29) is 11.5 Å². The first-order chi connectivity index (χ1) is 5.11. The molecule has 1 aromatic rings. The van der Waals surface area contributed by atoms with Crippen molar-refractivity contribution in [3.05, 3.63) is 34.1 Å². The van der Waals surface area contributed by atoms with Crippen LogP contribution >= 0.6 is 15.9 Å². The van der Waals surface area contributed by atoms with E-state index in [2.05, 4.69) is 15.9 Å². The summed E-state index contributed by atoms with van der Waals surface area (Å²) in [4.78, 5) is 0. The second kappa shape index (κ2) is 3.13. The van der Waals surface area contributed by atoms with Gasteiger partial charge in [0.15, 0.2) is 0 Å². The molecule has 1 N–H and O–H groups in total. The quantitative estimate of drug-likeness (QED) is 0.697. The number of benzene rings is 1. The average Bonchev–Trinajstić information content (AvgIpc) is 1.94. The number of hydrogen-bond donors (Lipinski definition) is 1. The smallest absolute Gasteiger partial charge is 0.132 e. The number of rotatable bonds is 1. The summed E-state index contributed by atoms with van der Waals surface area (Å²) in [5.74, 6) is -0.347. The van der Waals surface area contributed by atoms with Crippen LogP contribution in [0.25, 0.3) is 0 Å². The predicted molar refractivity (Wildman–Crippen MR) is 46.6 cm³/mol. The van der Waals surface area contributed by atoms with E-state index in [9.17, 15) is 4.39 Å². The molecule has 0 radical (unpaired) electrons. The first-order valence-electron chi connectivity index (χ1n) is 3.12. The van der Waals surface area contributed by atoms with Crippen LogP contribution in [0.1, 0.15) is 12.5 Å². The van der Waals surface area contributed by atoms with Crippen molar-refractivity contribution in [2.24, 2.45) is 0 Å². The van der Waals surface area contributed by atoms with Crippen molar-refractivity contribution in [3.63, 3.8) is 0 Å². The third kappa shape index (κ3) is 1.87. The van der Waals surface area contributed by atoms with Crippen molar-refractivity contribution < 1.29 is 4.39 Å². The molecule has 0 saturated heterocycles. The molecule has 0 saturated carbocycles. The second-order valence-corrected chi connectivity index (χ2v) is 3.16. The molecule has 0 amide bonds. The summed E-state index contributed by atoms with van der Waals surface area (Å²) in [6, 6.07) is 4.55. The number of hydrogen-bond acceptors (Lipinski definition) is 1. The molecule has 0 heterocycles. The van der Waals surface area contributed by atoms with Crippen LogP contribution < -0.4 is 0 Å². The molecule has 0 fully saturated rings. The van der Waals surface area contributed by atoms with Gasteiger partial charge in [-0.2, -0.15) is 0 Å². The van der Waals surface area contributed by atoms with Gasteiger partial charge in [-0.25, -0.2) is 4.39 Å². The van der Waals surface area contributed by atoms with Crippen LogP contribution in [0.5, 0.6) is 0 Å². The average molecular weight is 216 g/mol. The molecule has 1 rings (SSSR count). The van der Waals surface area contributed by atoms with Crippen LogP contribution in [0.3, 0.4) is 0 Å². The van der Waals surface area contributed by atoms with Crippen LogP contribution in [0.4, 0.5) is 4.39 Å². The Bertz CT molecular complexity index is 296. The van der Waals surface area contributed by atoms with Gasteiger partial charge >= 0.3 is 0 Å². The normalized spacial score (nSPS) is 9.73. The van der Waals surface area contributed by atoms with Crippen molar-refractivity contribution in [2.75, 3.05) is 0 Å². The molecule has 1 aromatic carbocycles. The fourth-order valence-electron chi connectivity index (χ4n) is 0.785. The molecule has 0 aliphatic heterocycles. The standard InChI is InChI=1S/C8H7BrFN/c1-5(11)7-4-6(9)2-3-8(7)10/h2-4,11H,1H3. The summed E-state index contributed by atoms with van der Waals surface area (Å²) in [7, 11) is 0. The maximum absolute atomic E-state index is 12.9. The van der Waals surface area contributed by atoms with Crippen LogP contribution in [0.2, 0.25) is 0 Å². The fraction of sp³-hybridized carbons (Fsp3) is 0.125. The summed E-state index contributed by atoms with van der Waals surface area (Å²) >= 11 is 3.20. The van der Waals surface area contributed by atoms with Gasteiger partial charge in [-0.15, -0.1) is 0 Å². The van der Waals surface area contributed by atoms with Gasteiger partial charge in [0, 0.05) is 15.7 Å². The molecule has 0 bridgehead atoms. The maximum Gasteiger partial charge on any atom is 0.132 e. The first-order valence-corrected chi connectivity index (χ1v) is 3.91. The van der Waals surface area contributed by atoms with Gasteiger partial charge in [-0.1, -0.05) is 15.9 Å². The molecule has 0 aliphatic carbocycles. The van der Waals surface area contributed by atoms with Crippen molar-refractivity contribution in [3.8, 4) is 0 Å². The Balaban J connectivity index is 3.23. The summed E-state index contributed by atoms with van der Waals surface area (Å²) < 4.78 is 13.7. The fourth-order valence-corrected chi connectivity index (χ4v) is 1.15. The number of halogens is 2. The highest BCUT2D eigenvalue weighted by molar-refractivity contribution is 9.10. The summed E-state index contributed by atoms with van der Waals surface area (Å²) in [5, 5.41) is 7.21. The van der Waals surface area contributed by atoms with E-state index in [0.717, 1.165) is 4.47 Å². The van der Waals surface area contributed by atoms with E-state index >= 15 is 0 Å². The van der Waals surface area contributed by atoms with Crippen molar-refractivity contribution in [1.29, 1.82) is 5.41 Å². The Labute approximate surface area is 72.9 Å². The van der Waals surface area contributed by atoms with E-state index in [1.807, 2.05) is 0 Å². The lowest BCUT2D eigenvalue weighted by molar-refractivity contribution is 0.624. The van der Waals surface area contributed by atoms with Gasteiger partial charge in [0.2, 0.25) is 0 Å². The molecule has 0 atom stereocenters. The Morgan fingerprint density at radius 3 is 2.64 bits per heavy atom. The van der Waals surface area contributed by atoms with Gasteiger partial charge in [0.05, 0.1) is 0 Å². The highest BCUT2D eigenvalue weighted by Crippen LogP contribution is 2.15. The molecule has 0 unspecified atom stereocenters. The molecular formula is C8H7BrFN. The van der Waals surface area contributed by atoms with Gasteiger partial charge in [0.25, 0.3) is 0 Å². The van der Waals surface area contributed by atoms with Gasteiger partial charge in [0.1, 0.15) is 5.82 Å². The zero-order valence-electron chi connectivity index (χ0n) is 5.99. The zero-order valence-corrected chi connectivity index (χ0v) is 7.57. The van der Waals surface area contributed by atoms with Crippen LogP contribution in [0.15, 0.2) is 22.7 Å². The summed E-state index contributed by atoms with van der Waals surface area (Å²) in [6.45, 7) is 1.56. The van der Waals surface area contributed by atoms with Crippen LogP contribution in [-0.2, 0) is 0 Å². The predicted octanol–water partition coefficient (Wildman–Crippen LogP) is 2.98. The topological polar surface area (TPSA) is 23.9 Å². The second-order valence-electron chi connectivity index (χ2n) is 2.25. The molecule has 0 spiro atoms. The third-order valence-electron chi connectivity index (χ3n) is 1.33. The minimum absolute atomic E-state index is 0.240. The largest absolute Gasteiger partial charge is 0.305 e. The Kier molecular flexibility index (Phi) is 2.39. The zero-order chi connectivity index (χ0) is 8.43. The third-order valence-corrected chi connectivity index (χ3v) is 1.83. The molecule has 11 heavy (non-hydrogen) atoms. The highest BCUT2D eigenvalue weighted by Gasteiger charge is 2.03. The van der Waals surface area contributed by atoms with Crippen LogP contribution in [0, 0.1) is 11.2 Å². The Morgan fingerprint density at radius 1 is 1.55 bits per heavy atom. The molecular weight excluding hydrogens is 209 g/mol. The minimum Gasteiger partial charge on any atom is -0.305 e. The van der Waals surface area contributed by atoms with E-state index in [1.54, 1.807) is 19.1 Å². The van der Waals surface area contributed by atoms with Gasteiger partial charge < -0.3 is 5.41 Å². The van der Waals surface area contributed by atoms with Crippen molar-refractivity contribution in [2.45, 2.75) is 6.92 Å². The first kappa shape index (κ1) is 8.40. The van der Waals surface area contributed by atoms with E-state index in [0.29, 0.717) is 5.56 Å². The summed E-state index contributed by atoms with van der Waals surface area (Å²) in [5.41, 5.74) is 0.586. The van der Waals surface area contributed by atoms with Gasteiger partial charge in [-0.05, 0) is 25.1 Å². The lowest BCUT2D eigenvalue weighted by Gasteiger charge is -1.99. The molecule has 0 aromatic heterocycles. The lowest BCUT2D eigenvalue weighted by atomic mass is 10.1. The molecule has 3 heteroatoms. The molecule has 1 nitrogen and oxygen atoms in total. The number of nitrogens with one attached hydrogen (secondary N) is 1. The van der Waals surface area contributed by atoms with E-state index in [4.69, 9.17) is 5.41 Å². The minimum atomic E-state index is -0.347. The van der Waals surface area contributed by atoms with Crippen LogP contribution in [-0.4, -0.2) is 5.71 Å². The lowest BCUT2D eigenvalue weighted by Crippen LogP contribution is -1.95. The maximum atomic E-state index is 12.9. The highest BCUT2D eigenvalue weighted by atomic mass is 79.9. The SMILES string of the molecule is CC(=N)c1cc(Br)ccc1F. The Morgan fingerprint density at radius 2 is 2.18 bits per heavy atom. The molecule has 58 valence electrons. The van der Waals surface area contributed by atoms with Crippen molar-refractivity contribution in [1.82, 2.24) is 0 Å². The monoisotopic (exact) mass is 215 g/mol. The summed E-state index contributed by atoms with van der Waals surface area (Å²) in [6.07, 6.45) is 0. The van der Waals surface area contributed by atoms with E-state index < -0.39 is 0 Å². The van der Waals surface area contributed by atoms with E-state index in [1.165, 1.54) is 6.07 Å². The Hall–Kier alpha value is -0.700. The van der Waals surface area contributed by atoms with Gasteiger partial charge in [-0.3, -0.25) is 0 Å². The molecule has 0 aliphatic rings. The van der Waals surface area contributed by atoms with Crippen molar-refractivity contribution >= 4 is 21.6 Å².